The van der Waals surface area contributed by atoms with Crippen LogP contribution in [0.5, 0.6) is 5.75 Å². The van der Waals surface area contributed by atoms with Crippen molar-refractivity contribution in [2.45, 2.75) is 26.8 Å². The zero-order chi connectivity index (χ0) is 16.5. The number of hydrogen-bond donors (Lipinski definition) is 0. The van der Waals surface area contributed by atoms with Gasteiger partial charge in [0.2, 0.25) is 5.91 Å². The smallest absolute Gasteiger partial charge is 0.307 e. The Labute approximate surface area is 131 Å². The second-order valence-electron chi connectivity index (χ2n) is 5.16. The maximum Gasteiger partial charge on any atom is 0.307 e. The molecular weight excluding hydrogens is 282 g/mol. The molecule has 0 aliphatic carbocycles. The van der Waals surface area contributed by atoms with Crippen LogP contribution in [0.15, 0.2) is 35.9 Å². The van der Waals surface area contributed by atoms with E-state index in [1.54, 1.807) is 18.1 Å². The van der Waals surface area contributed by atoms with Gasteiger partial charge in [0.1, 0.15) is 5.75 Å². The Morgan fingerprint density at radius 2 is 1.77 bits per heavy atom. The normalized spacial score (nSPS) is 9.82. The van der Waals surface area contributed by atoms with Gasteiger partial charge in [0.15, 0.2) is 0 Å². The van der Waals surface area contributed by atoms with Crippen molar-refractivity contribution in [3.63, 3.8) is 0 Å². The van der Waals surface area contributed by atoms with E-state index < -0.39 is 0 Å². The largest absolute Gasteiger partial charge is 0.497 e. The molecule has 22 heavy (non-hydrogen) atoms. The molecule has 0 spiro atoms. The number of esters is 1. The topological polar surface area (TPSA) is 55.8 Å². The van der Waals surface area contributed by atoms with Gasteiger partial charge < -0.3 is 14.4 Å². The highest BCUT2D eigenvalue weighted by Gasteiger charge is 2.14. The average Bonchev–Trinajstić information content (AvgIpc) is 2.50. The number of amides is 1. The molecule has 5 heteroatoms. The van der Waals surface area contributed by atoms with Crippen molar-refractivity contribution < 1.29 is 19.1 Å². The molecule has 5 nitrogen and oxygen atoms in total. The highest BCUT2D eigenvalue weighted by molar-refractivity contribution is 5.88. The van der Waals surface area contributed by atoms with Crippen LogP contribution in [0, 0.1) is 0 Å². The van der Waals surface area contributed by atoms with Gasteiger partial charge in [-0.1, -0.05) is 17.7 Å². The van der Waals surface area contributed by atoms with E-state index in [0.717, 1.165) is 16.9 Å². The van der Waals surface area contributed by atoms with Crippen LogP contribution in [-0.2, 0) is 20.9 Å². The Morgan fingerprint density at radius 3 is 2.27 bits per heavy atom. The number of ether oxygens (including phenoxy) is 2. The second kappa shape index (κ2) is 8.87. The second-order valence-corrected chi connectivity index (χ2v) is 5.16. The van der Waals surface area contributed by atoms with Crippen molar-refractivity contribution in [2.24, 2.45) is 0 Å². The van der Waals surface area contributed by atoms with Crippen molar-refractivity contribution in [1.82, 2.24) is 4.90 Å². The van der Waals surface area contributed by atoms with Gasteiger partial charge in [-0.05, 0) is 31.5 Å². The lowest BCUT2D eigenvalue weighted by atomic mass is 10.2. The lowest BCUT2D eigenvalue weighted by Gasteiger charge is -2.21. The molecule has 0 unspecified atom stereocenters. The molecule has 0 bridgehead atoms. The molecule has 0 aliphatic rings. The molecule has 1 aromatic carbocycles. The Morgan fingerprint density at radius 1 is 1.14 bits per heavy atom. The Bertz CT molecular complexity index is 530. The molecule has 0 fully saturated rings. The molecule has 0 saturated carbocycles. The Kier molecular flexibility index (Phi) is 7.16. The summed E-state index contributed by atoms with van der Waals surface area (Å²) in [6, 6.07) is 7.50. The minimum absolute atomic E-state index is 0.111. The molecule has 0 aromatic heterocycles. The van der Waals surface area contributed by atoms with E-state index in [2.05, 4.69) is 4.74 Å². The van der Waals surface area contributed by atoms with E-state index in [0.29, 0.717) is 13.1 Å². The van der Waals surface area contributed by atoms with Crippen molar-refractivity contribution >= 4 is 11.9 Å². The molecule has 0 heterocycles. The van der Waals surface area contributed by atoms with Crippen molar-refractivity contribution in [3.8, 4) is 5.75 Å². The van der Waals surface area contributed by atoms with Gasteiger partial charge in [-0.3, -0.25) is 9.59 Å². The van der Waals surface area contributed by atoms with E-state index in [1.807, 2.05) is 38.1 Å². The summed E-state index contributed by atoms with van der Waals surface area (Å²) in [5.74, 6) is 0.324. The molecule has 0 N–H and O–H groups in total. The SMILES string of the molecule is COC(=O)CCN(Cc1ccc(OC)cc1)C(=O)C=C(C)C. The van der Waals surface area contributed by atoms with Gasteiger partial charge in [-0.15, -0.1) is 0 Å². The van der Waals surface area contributed by atoms with Crippen molar-refractivity contribution in [2.75, 3.05) is 20.8 Å². The number of benzene rings is 1. The number of nitrogens with zero attached hydrogens (tertiary/aromatic N) is 1. The first kappa shape index (κ1) is 17.8. The van der Waals surface area contributed by atoms with Gasteiger partial charge >= 0.3 is 5.97 Å². The first-order chi connectivity index (χ1) is 10.5. The van der Waals surface area contributed by atoms with Crippen LogP contribution < -0.4 is 4.74 Å². The summed E-state index contributed by atoms with van der Waals surface area (Å²) < 4.78 is 9.75. The maximum atomic E-state index is 12.3. The van der Waals surface area contributed by atoms with Crippen LogP contribution in [-0.4, -0.2) is 37.5 Å². The number of rotatable bonds is 7. The quantitative estimate of drug-likeness (QED) is 0.574. The summed E-state index contributed by atoms with van der Waals surface area (Å²) in [5, 5.41) is 0. The van der Waals surface area contributed by atoms with Gasteiger partial charge in [0.25, 0.3) is 0 Å². The average molecular weight is 305 g/mol. The molecule has 1 rings (SSSR count). The summed E-state index contributed by atoms with van der Waals surface area (Å²) in [6.45, 7) is 4.48. The van der Waals surface area contributed by atoms with Crippen LogP contribution in [0.1, 0.15) is 25.8 Å². The lowest BCUT2D eigenvalue weighted by molar-refractivity contribution is -0.141. The van der Waals surface area contributed by atoms with Gasteiger partial charge in [-0.25, -0.2) is 0 Å². The maximum absolute atomic E-state index is 12.3. The molecular formula is C17H23NO4. The first-order valence-electron chi connectivity index (χ1n) is 7.09. The lowest BCUT2D eigenvalue weighted by Crippen LogP contribution is -2.31. The van der Waals surface area contributed by atoms with Crippen molar-refractivity contribution in [3.05, 3.63) is 41.5 Å². The van der Waals surface area contributed by atoms with E-state index in [-0.39, 0.29) is 18.3 Å². The number of carbonyl (C=O) groups excluding carboxylic acids is 2. The van der Waals surface area contributed by atoms with Crippen LogP contribution in [0.25, 0.3) is 0 Å². The molecule has 0 radical (unpaired) electrons. The molecule has 0 aliphatic heterocycles. The molecule has 1 amide bonds. The zero-order valence-electron chi connectivity index (χ0n) is 13.6. The summed E-state index contributed by atoms with van der Waals surface area (Å²) in [5.41, 5.74) is 1.89. The van der Waals surface area contributed by atoms with E-state index in [1.165, 1.54) is 7.11 Å². The highest BCUT2D eigenvalue weighted by atomic mass is 16.5. The third-order valence-corrected chi connectivity index (χ3v) is 3.07. The third-order valence-electron chi connectivity index (χ3n) is 3.07. The third kappa shape index (κ3) is 5.99. The van der Waals surface area contributed by atoms with Gasteiger partial charge in [0, 0.05) is 19.2 Å². The van der Waals surface area contributed by atoms with E-state index in [9.17, 15) is 9.59 Å². The van der Waals surface area contributed by atoms with E-state index >= 15 is 0 Å². The minimum Gasteiger partial charge on any atom is -0.497 e. The summed E-state index contributed by atoms with van der Waals surface area (Å²) in [4.78, 5) is 25.2. The zero-order valence-corrected chi connectivity index (χ0v) is 13.6. The minimum atomic E-state index is -0.329. The molecule has 0 saturated heterocycles. The number of carbonyl (C=O) groups is 2. The monoisotopic (exact) mass is 305 g/mol. The highest BCUT2D eigenvalue weighted by Crippen LogP contribution is 2.14. The van der Waals surface area contributed by atoms with Crippen molar-refractivity contribution in [1.29, 1.82) is 0 Å². The van der Waals surface area contributed by atoms with Crippen LogP contribution in [0.3, 0.4) is 0 Å². The molecule has 1 aromatic rings. The van der Waals surface area contributed by atoms with Gasteiger partial charge in [0.05, 0.1) is 20.6 Å². The fourth-order valence-corrected chi connectivity index (χ4v) is 1.89. The van der Waals surface area contributed by atoms with Crippen LogP contribution >= 0.6 is 0 Å². The fourth-order valence-electron chi connectivity index (χ4n) is 1.89. The standard InChI is InChI=1S/C17H23NO4/c1-13(2)11-16(19)18(10-9-17(20)22-4)12-14-5-7-15(21-3)8-6-14/h5-8,11H,9-10,12H2,1-4H3. The summed E-state index contributed by atoms with van der Waals surface area (Å²) in [6.07, 6.45) is 1.75. The van der Waals surface area contributed by atoms with Crippen LogP contribution in [0.2, 0.25) is 0 Å². The van der Waals surface area contributed by atoms with Crippen LogP contribution in [0.4, 0.5) is 0 Å². The summed E-state index contributed by atoms with van der Waals surface area (Å²) in [7, 11) is 2.95. The molecule has 0 atom stereocenters. The Balaban J connectivity index is 2.81. The molecule has 120 valence electrons. The predicted octanol–water partition coefficient (Wildman–Crippen LogP) is 2.55. The first-order valence-corrected chi connectivity index (χ1v) is 7.09. The predicted molar refractivity (Wildman–Crippen MR) is 84.5 cm³/mol. The number of hydrogen-bond acceptors (Lipinski definition) is 4. The summed E-state index contributed by atoms with van der Waals surface area (Å²) >= 11 is 0. The number of methoxy groups -OCH3 is 2. The Hall–Kier alpha value is -2.30. The number of allylic oxidation sites excluding steroid dienone is 1. The fraction of sp³-hybridized carbons (Fsp3) is 0.412. The van der Waals surface area contributed by atoms with Gasteiger partial charge in [-0.2, -0.15) is 0 Å². The van der Waals surface area contributed by atoms with E-state index in [4.69, 9.17) is 4.74 Å².